The predicted molar refractivity (Wildman–Crippen MR) is 130 cm³/mol. The molecule has 1 aliphatic rings. The van der Waals surface area contributed by atoms with E-state index in [0.29, 0.717) is 49.0 Å². The highest BCUT2D eigenvalue weighted by atomic mass is 19.1. The minimum Gasteiger partial charge on any atom is -0.368 e. The largest absolute Gasteiger partial charge is 0.368 e. The average molecular weight is 461 g/mol. The number of anilines is 3. The van der Waals surface area contributed by atoms with Crippen molar-refractivity contribution >= 4 is 34.6 Å². The number of benzene rings is 2. The summed E-state index contributed by atoms with van der Waals surface area (Å²) in [4.78, 5) is 33.3. The van der Waals surface area contributed by atoms with Gasteiger partial charge in [0.25, 0.3) is 0 Å². The number of carbonyl (C=O) groups is 1. The molecule has 5 rings (SSSR count). The molecular weight excluding hydrogens is 435 g/mol. The highest BCUT2D eigenvalue weighted by Crippen LogP contribution is 2.27. The molecule has 2 aromatic carbocycles. The number of aryl methyl sites for hydroxylation is 1. The molecule has 4 N–H and O–H groups in total. The van der Waals surface area contributed by atoms with Crippen LogP contribution in [0.15, 0.2) is 48.5 Å². The lowest BCUT2D eigenvalue weighted by Crippen LogP contribution is -2.38. The smallest absolute Gasteiger partial charge is 0.321 e. The molecule has 2 amide bonds. The third-order valence-electron chi connectivity index (χ3n) is 5.81. The first-order valence-electron chi connectivity index (χ1n) is 11.1. The Balaban J connectivity index is 1.36. The van der Waals surface area contributed by atoms with E-state index in [0.717, 1.165) is 23.2 Å². The lowest BCUT2D eigenvalue weighted by molar-refractivity contribution is 0.215. The molecule has 1 aliphatic heterocycles. The summed E-state index contributed by atoms with van der Waals surface area (Å²) in [6.07, 6.45) is 0.766. The van der Waals surface area contributed by atoms with Gasteiger partial charge in [-0.1, -0.05) is 12.1 Å². The number of rotatable bonds is 3. The summed E-state index contributed by atoms with van der Waals surface area (Å²) in [6.45, 7) is 4.41. The number of H-pyrrole nitrogens is 1. The van der Waals surface area contributed by atoms with Crippen LogP contribution in [0.1, 0.15) is 12.0 Å². The Labute approximate surface area is 195 Å². The fourth-order valence-corrected chi connectivity index (χ4v) is 4.12. The van der Waals surface area contributed by atoms with Crippen molar-refractivity contribution in [2.24, 2.45) is 0 Å². The number of nitrogens with one attached hydrogen (secondary N) is 2. The van der Waals surface area contributed by atoms with Crippen molar-refractivity contribution in [3.8, 4) is 11.4 Å². The number of halogens is 1. The van der Waals surface area contributed by atoms with Gasteiger partial charge in [-0.15, -0.1) is 0 Å². The molecule has 0 radical (unpaired) electrons. The molecule has 1 fully saturated rings. The van der Waals surface area contributed by atoms with Gasteiger partial charge < -0.3 is 25.8 Å². The number of imidazole rings is 1. The molecule has 0 spiro atoms. The SMILES string of the molecule is Cc1cccc(NC(=O)N2CCCN(c3nc(N)nc4[nH]c(-c5ccc(F)cc5)nc34)CC2)c1. The van der Waals surface area contributed by atoms with Gasteiger partial charge in [0, 0.05) is 37.4 Å². The Hall–Kier alpha value is -4.21. The Morgan fingerprint density at radius 2 is 1.88 bits per heavy atom. The zero-order valence-corrected chi connectivity index (χ0v) is 18.8. The van der Waals surface area contributed by atoms with Crippen LogP contribution in [-0.4, -0.2) is 57.0 Å². The van der Waals surface area contributed by atoms with E-state index >= 15 is 0 Å². The molecule has 0 saturated carbocycles. The first-order chi connectivity index (χ1) is 16.5. The normalized spacial score (nSPS) is 14.3. The molecule has 34 heavy (non-hydrogen) atoms. The summed E-state index contributed by atoms with van der Waals surface area (Å²) >= 11 is 0. The Bertz CT molecular complexity index is 1340. The quantitative estimate of drug-likeness (QED) is 0.428. The summed E-state index contributed by atoms with van der Waals surface area (Å²) in [5, 5.41) is 2.98. The van der Waals surface area contributed by atoms with Crippen molar-refractivity contribution in [1.29, 1.82) is 0 Å². The number of aromatic nitrogens is 4. The number of amides is 2. The fraction of sp³-hybridized carbons (Fsp3) is 0.250. The van der Waals surface area contributed by atoms with Gasteiger partial charge in [0.15, 0.2) is 17.0 Å². The number of nitrogens with zero attached hydrogens (tertiary/aromatic N) is 5. The minimum atomic E-state index is -0.315. The van der Waals surface area contributed by atoms with E-state index in [-0.39, 0.29) is 17.8 Å². The van der Waals surface area contributed by atoms with Crippen LogP contribution in [0.4, 0.5) is 26.6 Å². The number of urea groups is 1. The molecule has 3 heterocycles. The molecule has 10 heteroatoms. The summed E-state index contributed by atoms with van der Waals surface area (Å²) in [7, 11) is 0. The van der Waals surface area contributed by atoms with E-state index in [2.05, 4.69) is 30.2 Å². The van der Waals surface area contributed by atoms with Crippen molar-refractivity contribution in [1.82, 2.24) is 24.8 Å². The summed E-state index contributed by atoms with van der Waals surface area (Å²) < 4.78 is 13.3. The van der Waals surface area contributed by atoms with E-state index in [1.165, 1.54) is 12.1 Å². The number of hydrogen-bond donors (Lipinski definition) is 3. The van der Waals surface area contributed by atoms with Crippen LogP contribution < -0.4 is 16.0 Å². The van der Waals surface area contributed by atoms with Gasteiger partial charge in [0.1, 0.15) is 11.6 Å². The number of nitrogen functional groups attached to an aromatic ring is 1. The highest BCUT2D eigenvalue weighted by Gasteiger charge is 2.23. The Morgan fingerprint density at radius 3 is 2.68 bits per heavy atom. The Kier molecular flexibility index (Phi) is 5.70. The van der Waals surface area contributed by atoms with Crippen LogP contribution in [0.2, 0.25) is 0 Å². The molecule has 0 aliphatic carbocycles. The third-order valence-corrected chi connectivity index (χ3v) is 5.81. The van der Waals surface area contributed by atoms with Crippen LogP contribution in [0.5, 0.6) is 0 Å². The lowest BCUT2D eigenvalue weighted by Gasteiger charge is -2.23. The highest BCUT2D eigenvalue weighted by molar-refractivity contribution is 5.90. The van der Waals surface area contributed by atoms with Gasteiger partial charge in [-0.3, -0.25) is 0 Å². The Morgan fingerprint density at radius 1 is 1.06 bits per heavy atom. The maximum Gasteiger partial charge on any atom is 0.321 e. The second kappa shape index (κ2) is 8.97. The maximum absolute atomic E-state index is 13.3. The molecule has 4 aromatic rings. The first kappa shape index (κ1) is 21.6. The van der Waals surface area contributed by atoms with Crippen LogP contribution in [0.3, 0.4) is 0 Å². The van der Waals surface area contributed by atoms with E-state index in [1.54, 1.807) is 17.0 Å². The van der Waals surface area contributed by atoms with Crippen molar-refractivity contribution < 1.29 is 9.18 Å². The number of fused-ring (bicyclic) bond motifs is 1. The molecule has 2 aromatic heterocycles. The molecule has 0 atom stereocenters. The second-order valence-electron chi connectivity index (χ2n) is 8.32. The van der Waals surface area contributed by atoms with Gasteiger partial charge in [0.2, 0.25) is 5.95 Å². The van der Waals surface area contributed by atoms with Gasteiger partial charge in [-0.05, 0) is 55.3 Å². The minimum absolute atomic E-state index is 0.127. The zero-order valence-electron chi connectivity index (χ0n) is 18.8. The van der Waals surface area contributed by atoms with Crippen molar-refractivity contribution in [3.05, 3.63) is 59.9 Å². The molecule has 1 saturated heterocycles. The first-order valence-corrected chi connectivity index (χ1v) is 11.1. The third kappa shape index (κ3) is 4.47. The van der Waals surface area contributed by atoms with Gasteiger partial charge in [0.05, 0.1) is 0 Å². The van der Waals surface area contributed by atoms with Gasteiger partial charge >= 0.3 is 6.03 Å². The maximum atomic E-state index is 13.3. The van der Waals surface area contributed by atoms with Crippen molar-refractivity contribution in [2.75, 3.05) is 42.1 Å². The van der Waals surface area contributed by atoms with Crippen LogP contribution >= 0.6 is 0 Å². The number of nitrogens with two attached hydrogens (primary N) is 1. The van der Waals surface area contributed by atoms with Gasteiger partial charge in [-0.25, -0.2) is 14.2 Å². The molecule has 0 unspecified atom stereocenters. The van der Waals surface area contributed by atoms with Gasteiger partial charge in [-0.2, -0.15) is 9.97 Å². The monoisotopic (exact) mass is 460 g/mol. The lowest BCUT2D eigenvalue weighted by atomic mass is 10.2. The number of aromatic amines is 1. The van der Waals surface area contributed by atoms with E-state index < -0.39 is 0 Å². The summed E-state index contributed by atoms with van der Waals surface area (Å²) in [5.74, 6) is 0.999. The van der Waals surface area contributed by atoms with E-state index in [4.69, 9.17) is 5.73 Å². The number of carbonyl (C=O) groups excluding carboxylic acids is 1. The van der Waals surface area contributed by atoms with Crippen molar-refractivity contribution in [3.63, 3.8) is 0 Å². The number of hydrogen-bond acceptors (Lipinski definition) is 6. The fourth-order valence-electron chi connectivity index (χ4n) is 4.12. The second-order valence-corrected chi connectivity index (χ2v) is 8.32. The standard InChI is InChI=1S/C24H25FN8O/c1-15-4-2-5-18(14-15)27-24(34)33-11-3-10-32(12-13-33)22-19-21(30-23(26)31-22)29-20(28-19)16-6-8-17(25)9-7-16/h2,4-9,14H,3,10-13H2,1H3,(H,27,34)(H3,26,28,29,30,31). The topological polar surface area (TPSA) is 116 Å². The van der Waals surface area contributed by atoms with E-state index in [9.17, 15) is 9.18 Å². The summed E-state index contributed by atoms with van der Waals surface area (Å²) in [6, 6.07) is 13.7. The van der Waals surface area contributed by atoms with Crippen molar-refractivity contribution in [2.45, 2.75) is 13.3 Å². The van der Waals surface area contributed by atoms with Crippen LogP contribution in [-0.2, 0) is 0 Å². The molecule has 174 valence electrons. The molecule has 9 nitrogen and oxygen atoms in total. The zero-order chi connectivity index (χ0) is 23.7. The molecule has 0 bridgehead atoms. The predicted octanol–water partition coefficient (Wildman–Crippen LogP) is 3.79. The van der Waals surface area contributed by atoms with E-state index in [1.807, 2.05) is 31.2 Å². The molecular formula is C24H25FN8O. The van der Waals surface area contributed by atoms with Crippen LogP contribution in [0.25, 0.3) is 22.6 Å². The average Bonchev–Trinajstić information content (AvgIpc) is 3.07. The van der Waals surface area contributed by atoms with Crippen LogP contribution in [0, 0.1) is 12.7 Å². The summed E-state index contributed by atoms with van der Waals surface area (Å²) in [5.41, 5.74) is 9.70.